The first kappa shape index (κ1) is 11.4. The predicted molar refractivity (Wildman–Crippen MR) is 65.5 cm³/mol. The lowest BCUT2D eigenvalue weighted by atomic mass is 10.2. The van der Waals surface area contributed by atoms with Crippen molar-refractivity contribution in [1.29, 1.82) is 0 Å². The number of nitrogens with one attached hydrogen (secondary N) is 1. The molecule has 0 spiro atoms. The minimum atomic E-state index is 0.224. The second-order valence-electron chi connectivity index (χ2n) is 3.70. The van der Waals surface area contributed by atoms with Crippen LogP contribution < -0.4 is 5.32 Å². The van der Waals surface area contributed by atoms with Crippen molar-refractivity contribution in [3.05, 3.63) is 40.2 Å². The molecule has 0 bridgehead atoms. The number of nitrogens with zero attached hydrogens (tertiary/aromatic N) is 1. The van der Waals surface area contributed by atoms with Crippen molar-refractivity contribution in [2.75, 3.05) is 0 Å². The summed E-state index contributed by atoms with van der Waals surface area (Å²) in [6.45, 7) is 5.01. The molecule has 2 rings (SSSR count). The lowest BCUT2D eigenvalue weighted by molar-refractivity contribution is 0.429. The van der Waals surface area contributed by atoms with E-state index < -0.39 is 0 Å². The first-order valence-electron chi connectivity index (χ1n) is 5.49. The molecule has 0 aliphatic rings. The van der Waals surface area contributed by atoms with Crippen molar-refractivity contribution < 1.29 is 4.42 Å². The maximum atomic E-state index is 5.33. The van der Waals surface area contributed by atoms with Crippen molar-refractivity contribution in [3.63, 3.8) is 0 Å². The van der Waals surface area contributed by atoms with Crippen LogP contribution in [0.4, 0.5) is 0 Å². The fourth-order valence-corrected chi connectivity index (χ4v) is 2.23. The van der Waals surface area contributed by atoms with Gasteiger partial charge in [0.2, 0.25) is 0 Å². The van der Waals surface area contributed by atoms with Crippen molar-refractivity contribution in [2.24, 2.45) is 0 Å². The number of aryl methyl sites for hydroxylation is 1. The SMILES string of the molecule is CCc1nc(CN[C@@H](C)c2ccco2)cs1. The Kier molecular flexibility index (Phi) is 3.74. The molecule has 0 amide bonds. The topological polar surface area (TPSA) is 38.1 Å². The van der Waals surface area contributed by atoms with Gasteiger partial charge in [-0.2, -0.15) is 0 Å². The molecule has 16 heavy (non-hydrogen) atoms. The van der Waals surface area contributed by atoms with Gasteiger partial charge >= 0.3 is 0 Å². The third-order valence-electron chi connectivity index (χ3n) is 2.46. The van der Waals surface area contributed by atoms with Crippen LogP contribution in [0.25, 0.3) is 0 Å². The lowest BCUT2D eigenvalue weighted by Crippen LogP contribution is -2.17. The normalized spacial score (nSPS) is 12.9. The number of thiazole rings is 1. The summed E-state index contributed by atoms with van der Waals surface area (Å²) in [5.41, 5.74) is 1.11. The Balaban J connectivity index is 1.87. The van der Waals surface area contributed by atoms with Crippen LogP contribution in [0.15, 0.2) is 28.2 Å². The van der Waals surface area contributed by atoms with E-state index in [1.807, 2.05) is 12.1 Å². The Morgan fingerprint density at radius 3 is 3.06 bits per heavy atom. The summed E-state index contributed by atoms with van der Waals surface area (Å²) < 4.78 is 5.33. The molecular formula is C12H16N2OS. The molecule has 4 heteroatoms. The lowest BCUT2D eigenvalue weighted by Gasteiger charge is -2.09. The maximum absolute atomic E-state index is 5.33. The number of hydrogen-bond acceptors (Lipinski definition) is 4. The fraction of sp³-hybridized carbons (Fsp3) is 0.417. The van der Waals surface area contributed by atoms with Gasteiger partial charge in [-0.3, -0.25) is 0 Å². The van der Waals surface area contributed by atoms with Crippen LogP contribution in [0.1, 0.15) is 36.4 Å². The molecule has 0 aliphatic carbocycles. The summed E-state index contributed by atoms with van der Waals surface area (Å²) in [7, 11) is 0. The quantitative estimate of drug-likeness (QED) is 0.866. The van der Waals surface area contributed by atoms with Crippen molar-refractivity contribution in [1.82, 2.24) is 10.3 Å². The molecule has 2 aromatic heterocycles. The van der Waals surface area contributed by atoms with E-state index in [2.05, 4.69) is 29.5 Å². The Morgan fingerprint density at radius 1 is 1.56 bits per heavy atom. The summed E-state index contributed by atoms with van der Waals surface area (Å²) in [5, 5.41) is 6.70. The Morgan fingerprint density at radius 2 is 2.44 bits per heavy atom. The van der Waals surface area contributed by atoms with Crippen molar-refractivity contribution >= 4 is 11.3 Å². The summed E-state index contributed by atoms with van der Waals surface area (Å²) in [4.78, 5) is 4.51. The number of hydrogen-bond donors (Lipinski definition) is 1. The van der Waals surface area contributed by atoms with Gasteiger partial charge in [0.15, 0.2) is 0 Å². The van der Waals surface area contributed by atoms with E-state index in [-0.39, 0.29) is 6.04 Å². The zero-order chi connectivity index (χ0) is 11.4. The van der Waals surface area contributed by atoms with E-state index in [1.54, 1.807) is 17.6 Å². The van der Waals surface area contributed by atoms with Gasteiger partial charge in [0.1, 0.15) is 5.76 Å². The second-order valence-corrected chi connectivity index (χ2v) is 4.65. The molecule has 86 valence electrons. The largest absolute Gasteiger partial charge is 0.468 e. The van der Waals surface area contributed by atoms with E-state index >= 15 is 0 Å². The molecule has 0 aromatic carbocycles. The molecular weight excluding hydrogens is 220 g/mol. The highest BCUT2D eigenvalue weighted by Gasteiger charge is 2.08. The monoisotopic (exact) mass is 236 g/mol. The van der Waals surface area contributed by atoms with Gasteiger partial charge in [-0.15, -0.1) is 11.3 Å². The molecule has 1 atom stereocenters. The van der Waals surface area contributed by atoms with E-state index in [9.17, 15) is 0 Å². The highest BCUT2D eigenvalue weighted by Crippen LogP contribution is 2.14. The van der Waals surface area contributed by atoms with E-state index in [0.29, 0.717) is 0 Å². The summed E-state index contributed by atoms with van der Waals surface area (Å²) in [6, 6.07) is 4.11. The maximum Gasteiger partial charge on any atom is 0.120 e. The van der Waals surface area contributed by atoms with Gasteiger partial charge in [0, 0.05) is 11.9 Å². The zero-order valence-electron chi connectivity index (χ0n) is 9.56. The molecule has 0 saturated carbocycles. The molecule has 0 saturated heterocycles. The summed E-state index contributed by atoms with van der Waals surface area (Å²) in [5.74, 6) is 0.964. The number of aromatic nitrogens is 1. The molecule has 1 N–H and O–H groups in total. The Hall–Kier alpha value is -1.13. The van der Waals surface area contributed by atoms with Crippen LogP contribution in [-0.4, -0.2) is 4.98 Å². The Bertz CT molecular complexity index is 422. The van der Waals surface area contributed by atoms with Crippen LogP contribution >= 0.6 is 11.3 Å². The molecule has 0 radical (unpaired) electrons. The highest BCUT2D eigenvalue weighted by atomic mass is 32.1. The molecule has 2 aromatic rings. The third-order valence-corrected chi connectivity index (χ3v) is 3.50. The van der Waals surface area contributed by atoms with Gasteiger partial charge in [0.05, 0.1) is 23.0 Å². The molecule has 0 aliphatic heterocycles. The summed E-state index contributed by atoms with van der Waals surface area (Å²) >= 11 is 1.72. The van der Waals surface area contributed by atoms with E-state index in [0.717, 1.165) is 24.4 Å². The standard InChI is InChI=1S/C12H16N2OS/c1-3-12-14-10(8-16-12)7-13-9(2)11-5-4-6-15-11/h4-6,8-9,13H,3,7H2,1-2H3/t9-/m0/s1. The van der Waals surface area contributed by atoms with Crippen LogP contribution in [0.3, 0.4) is 0 Å². The summed E-state index contributed by atoms with van der Waals surface area (Å²) in [6.07, 6.45) is 2.71. The van der Waals surface area contributed by atoms with Gasteiger partial charge < -0.3 is 9.73 Å². The zero-order valence-corrected chi connectivity index (χ0v) is 10.4. The van der Waals surface area contributed by atoms with Crippen molar-refractivity contribution in [3.8, 4) is 0 Å². The molecule has 0 fully saturated rings. The van der Waals surface area contributed by atoms with Crippen LogP contribution in [0.2, 0.25) is 0 Å². The van der Waals surface area contributed by atoms with Gasteiger partial charge in [-0.1, -0.05) is 6.92 Å². The average Bonchev–Trinajstić information content (AvgIpc) is 2.96. The highest BCUT2D eigenvalue weighted by molar-refractivity contribution is 7.09. The van der Waals surface area contributed by atoms with Crippen LogP contribution in [0, 0.1) is 0 Å². The van der Waals surface area contributed by atoms with Crippen LogP contribution in [0.5, 0.6) is 0 Å². The molecule has 0 unspecified atom stereocenters. The molecule has 2 heterocycles. The minimum absolute atomic E-state index is 0.224. The predicted octanol–water partition coefficient (Wildman–Crippen LogP) is 3.15. The van der Waals surface area contributed by atoms with Gasteiger partial charge in [-0.25, -0.2) is 4.98 Å². The first-order valence-corrected chi connectivity index (χ1v) is 6.37. The van der Waals surface area contributed by atoms with Gasteiger partial charge in [0.25, 0.3) is 0 Å². The second kappa shape index (κ2) is 5.27. The Labute approximate surface area is 99.5 Å². The average molecular weight is 236 g/mol. The van der Waals surface area contributed by atoms with E-state index in [1.165, 1.54) is 5.01 Å². The number of furan rings is 1. The number of rotatable bonds is 5. The first-order chi connectivity index (χ1) is 7.79. The fourth-order valence-electron chi connectivity index (χ4n) is 1.49. The van der Waals surface area contributed by atoms with Gasteiger partial charge in [-0.05, 0) is 25.5 Å². The smallest absolute Gasteiger partial charge is 0.120 e. The molecule has 3 nitrogen and oxygen atoms in total. The van der Waals surface area contributed by atoms with Crippen molar-refractivity contribution in [2.45, 2.75) is 32.9 Å². The van der Waals surface area contributed by atoms with E-state index in [4.69, 9.17) is 4.42 Å². The van der Waals surface area contributed by atoms with Crippen LogP contribution in [-0.2, 0) is 13.0 Å². The third kappa shape index (κ3) is 2.71. The minimum Gasteiger partial charge on any atom is -0.468 e.